The van der Waals surface area contributed by atoms with E-state index in [0.29, 0.717) is 24.4 Å². The van der Waals surface area contributed by atoms with Crippen molar-refractivity contribution < 1.29 is 18.5 Å². The molecular formula is C22H20FN3O3. The van der Waals surface area contributed by atoms with E-state index >= 15 is 0 Å². The molecule has 0 spiro atoms. The minimum Gasteiger partial charge on any atom is -0.361 e. The summed E-state index contributed by atoms with van der Waals surface area (Å²) in [6, 6.07) is 14.5. The summed E-state index contributed by atoms with van der Waals surface area (Å²) in [5.41, 5.74) is 2.44. The van der Waals surface area contributed by atoms with Gasteiger partial charge in [-0.25, -0.2) is 4.39 Å². The Labute approximate surface area is 167 Å². The molecule has 1 saturated heterocycles. The van der Waals surface area contributed by atoms with Gasteiger partial charge >= 0.3 is 0 Å². The van der Waals surface area contributed by atoms with Gasteiger partial charge in [-0.05, 0) is 55.2 Å². The van der Waals surface area contributed by atoms with Gasteiger partial charge in [0.1, 0.15) is 17.6 Å². The summed E-state index contributed by atoms with van der Waals surface area (Å²) in [7, 11) is 0. The number of nitrogens with one attached hydrogen (secondary N) is 1. The molecule has 1 aromatic heterocycles. The lowest BCUT2D eigenvalue weighted by molar-refractivity contribution is -0.119. The molecule has 0 radical (unpaired) electrons. The first kappa shape index (κ1) is 18.9. The summed E-state index contributed by atoms with van der Waals surface area (Å²) >= 11 is 0. The summed E-state index contributed by atoms with van der Waals surface area (Å²) in [4.78, 5) is 27.0. The van der Waals surface area contributed by atoms with Gasteiger partial charge < -0.3 is 14.7 Å². The minimum atomic E-state index is -0.553. The van der Waals surface area contributed by atoms with Crippen LogP contribution >= 0.6 is 0 Å². The van der Waals surface area contributed by atoms with Crippen LogP contribution in [-0.2, 0) is 4.79 Å². The second-order valence-electron chi connectivity index (χ2n) is 7.06. The lowest BCUT2D eigenvalue weighted by Crippen LogP contribution is -2.43. The zero-order chi connectivity index (χ0) is 20.4. The molecule has 1 N–H and O–H groups in total. The van der Waals surface area contributed by atoms with Crippen LogP contribution in [-0.4, -0.2) is 34.5 Å². The van der Waals surface area contributed by atoms with E-state index < -0.39 is 6.04 Å². The maximum Gasteiger partial charge on any atom is 0.276 e. The van der Waals surface area contributed by atoms with E-state index in [-0.39, 0.29) is 23.3 Å². The van der Waals surface area contributed by atoms with Crippen molar-refractivity contribution in [2.24, 2.45) is 0 Å². The highest BCUT2D eigenvalue weighted by Gasteiger charge is 2.35. The van der Waals surface area contributed by atoms with E-state index in [0.717, 1.165) is 17.5 Å². The Bertz CT molecular complexity index is 1050. The topological polar surface area (TPSA) is 75.4 Å². The largest absolute Gasteiger partial charge is 0.361 e. The van der Waals surface area contributed by atoms with Crippen molar-refractivity contribution in [1.29, 1.82) is 0 Å². The van der Waals surface area contributed by atoms with Gasteiger partial charge in [-0.3, -0.25) is 9.59 Å². The molecule has 0 saturated carbocycles. The van der Waals surface area contributed by atoms with Gasteiger partial charge in [-0.1, -0.05) is 29.4 Å². The number of benzene rings is 2. The van der Waals surface area contributed by atoms with Crippen molar-refractivity contribution in [2.45, 2.75) is 25.8 Å². The molecule has 29 heavy (non-hydrogen) atoms. The molecule has 4 rings (SSSR count). The van der Waals surface area contributed by atoms with Crippen molar-refractivity contribution in [2.75, 3.05) is 11.9 Å². The van der Waals surface area contributed by atoms with E-state index in [4.69, 9.17) is 4.52 Å². The van der Waals surface area contributed by atoms with Crippen LogP contribution in [0.5, 0.6) is 0 Å². The van der Waals surface area contributed by atoms with E-state index in [1.165, 1.54) is 17.0 Å². The average molecular weight is 393 g/mol. The summed E-state index contributed by atoms with van der Waals surface area (Å²) in [5, 5.41) is 6.62. The Kier molecular flexibility index (Phi) is 5.12. The summed E-state index contributed by atoms with van der Waals surface area (Å²) < 4.78 is 18.4. The fourth-order valence-corrected chi connectivity index (χ4v) is 3.54. The number of hydrogen-bond acceptors (Lipinski definition) is 4. The van der Waals surface area contributed by atoms with Crippen molar-refractivity contribution in [1.82, 2.24) is 10.1 Å². The molecule has 2 amide bonds. The standard InChI is InChI=1S/C22H20FN3O3/c1-14-12-19(25-29-14)22(28)26-11-3-6-20(26)21(27)24-18-9-7-15(8-10-18)16-4-2-5-17(23)13-16/h2,4-5,7-10,12-13,20H,3,6,11H2,1H3,(H,24,27). The number of likely N-dealkylation sites (tertiary alicyclic amines) is 1. The van der Waals surface area contributed by atoms with Crippen LogP contribution in [0, 0.1) is 12.7 Å². The SMILES string of the molecule is Cc1cc(C(=O)N2CCCC2C(=O)Nc2ccc(-c3cccc(F)c3)cc2)no1. The zero-order valence-corrected chi connectivity index (χ0v) is 15.9. The first-order chi connectivity index (χ1) is 14.0. The number of anilines is 1. The lowest BCUT2D eigenvalue weighted by atomic mass is 10.1. The maximum absolute atomic E-state index is 13.4. The molecule has 148 valence electrons. The smallest absolute Gasteiger partial charge is 0.276 e. The molecule has 0 aliphatic carbocycles. The van der Waals surface area contributed by atoms with Gasteiger partial charge in [0.25, 0.3) is 5.91 Å². The number of halogens is 1. The fourth-order valence-electron chi connectivity index (χ4n) is 3.54. The van der Waals surface area contributed by atoms with Gasteiger partial charge in [0.05, 0.1) is 0 Å². The highest BCUT2D eigenvalue weighted by Crippen LogP contribution is 2.24. The van der Waals surface area contributed by atoms with Gasteiger partial charge in [-0.2, -0.15) is 0 Å². The van der Waals surface area contributed by atoms with E-state index in [1.54, 1.807) is 31.2 Å². The molecule has 3 aromatic rings. The molecule has 2 aromatic carbocycles. The number of amides is 2. The predicted molar refractivity (Wildman–Crippen MR) is 106 cm³/mol. The average Bonchev–Trinajstić information content (AvgIpc) is 3.37. The Morgan fingerprint density at radius 2 is 1.93 bits per heavy atom. The van der Waals surface area contributed by atoms with Crippen molar-refractivity contribution in [3.8, 4) is 11.1 Å². The Balaban J connectivity index is 1.45. The Morgan fingerprint density at radius 1 is 1.14 bits per heavy atom. The third-order valence-electron chi connectivity index (χ3n) is 4.97. The van der Waals surface area contributed by atoms with Crippen molar-refractivity contribution in [3.63, 3.8) is 0 Å². The van der Waals surface area contributed by atoms with Crippen LogP contribution in [0.2, 0.25) is 0 Å². The third-order valence-corrected chi connectivity index (χ3v) is 4.97. The third kappa shape index (κ3) is 4.03. The minimum absolute atomic E-state index is 0.210. The summed E-state index contributed by atoms with van der Waals surface area (Å²) in [5.74, 6) is -0.296. The highest BCUT2D eigenvalue weighted by molar-refractivity contribution is 6.00. The van der Waals surface area contributed by atoms with Gasteiger partial charge in [-0.15, -0.1) is 0 Å². The molecule has 2 heterocycles. The van der Waals surface area contributed by atoms with E-state index in [2.05, 4.69) is 10.5 Å². The number of nitrogens with zero attached hydrogens (tertiary/aromatic N) is 2. The summed E-state index contributed by atoms with van der Waals surface area (Å²) in [6.45, 7) is 2.22. The molecule has 1 aliphatic rings. The van der Waals surface area contributed by atoms with Crippen LogP contribution in [0.1, 0.15) is 29.1 Å². The number of carbonyl (C=O) groups excluding carboxylic acids is 2. The van der Waals surface area contributed by atoms with Crippen molar-refractivity contribution >= 4 is 17.5 Å². The quantitative estimate of drug-likeness (QED) is 0.726. The number of hydrogen-bond donors (Lipinski definition) is 1. The Morgan fingerprint density at radius 3 is 2.62 bits per heavy atom. The van der Waals surface area contributed by atoms with Crippen molar-refractivity contribution in [3.05, 3.63) is 71.9 Å². The second-order valence-corrected chi connectivity index (χ2v) is 7.06. The van der Waals surface area contributed by atoms with Crippen LogP contribution in [0.25, 0.3) is 11.1 Å². The molecule has 1 atom stereocenters. The lowest BCUT2D eigenvalue weighted by Gasteiger charge is -2.23. The Hall–Kier alpha value is -3.48. The van der Waals surface area contributed by atoms with Crippen LogP contribution in [0.3, 0.4) is 0 Å². The monoisotopic (exact) mass is 393 g/mol. The molecule has 1 fully saturated rings. The van der Waals surface area contributed by atoms with Gasteiger partial charge in [0, 0.05) is 18.3 Å². The first-order valence-electron chi connectivity index (χ1n) is 9.42. The molecule has 1 unspecified atom stereocenters. The van der Waals surface area contributed by atoms with Crippen LogP contribution in [0.4, 0.5) is 10.1 Å². The molecule has 1 aliphatic heterocycles. The number of aryl methyl sites for hydroxylation is 1. The highest BCUT2D eigenvalue weighted by atomic mass is 19.1. The van der Waals surface area contributed by atoms with E-state index in [1.807, 2.05) is 18.2 Å². The number of aromatic nitrogens is 1. The normalized spacial score (nSPS) is 16.1. The molecule has 6 nitrogen and oxygen atoms in total. The molecule has 7 heteroatoms. The number of carbonyl (C=O) groups is 2. The van der Waals surface area contributed by atoms with Crippen LogP contribution < -0.4 is 5.32 Å². The zero-order valence-electron chi connectivity index (χ0n) is 15.9. The van der Waals surface area contributed by atoms with Gasteiger partial charge in [0.15, 0.2) is 5.69 Å². The predicted octanol–water partition coefficient (Wildman–Crippen LogP) is 4.03. The maximum atomic E-state index is 13.4. The molecular weight excluding hydrogens is 373 g/mol. The molecule has 0 bridgehead atoms. The fraction of sp³-hybridized carbons (Fsp3) is 0.227. The second kappa shape index (κ2) is 7.87. The summed E-state index contributed by atoms with van der Waals surface area (Å²) in [6.07, 6.45) is 1.34. The first-order valence-corrected chi connectivity index (χ1v) is 9.42. The van der Waals surface area contributed by atoms with Gasteiger partial charge in [0.2, 0.25) is 5.91 Å². The van der Waals surface area contributed by atoms with Crippen LogP contribution in [0.15, 0.2) is 59.1 Å². The number of rotatable bonds is 4. The van der Waals surface area contributed by atoms with E-state index in [9.17, 15) is 14.0 Å².